The van der Waals surface area contributed by atoms with Crippen molar-refractivity contribution in [1.82, 2.24) is 5.43 Å². The Bertz CT molecular complexity index is 1330. The zero-order valence-corrected chi connectivity index (χ0v) is 20.7. The predicted molar refractivity (Wildman–Crippen MR) is 133 cm³/mol. The van der Waals surface area contributed by atoms with Crippen LogP contribution < -0.4 is 19.2 Å². The Kier molecular flexibility index (Phi) is 7.18. The first-order valence-electron chi connectivity index (χ1n) is 10.4. The lowest BCUT2D eigenvalue weighted by molar-refractivity contribution is -0.119. The summed E-state index contributed by atoms with van der Waals surface area (Å²) in [5, 5.41) is 3.99. The van der Waals surface area contributed by atoms with Gasteiger partial charge in [0.2, 0.25) is 0 Å². The molecule has 176 valence electrons. The largest absolute Gasteiger partial charge is 0.486 e. The molecule has 0 spiro atoms. The van der Waals surface area contributed by atoms with Crippen LogP contribution in [0.3, 0.4) is 0 Å². The Balaban J connectivity index is 1.55. The van der Waals surface area contributed by atoms with Crippen molar-refractivity contribution in [2.75, 3.05) is 24.1 Å². The topological polar surface area (TPSA) is 97.3 Å². The lowest BCUT2D eigenvalue weighted by Crippen LogP contribution is -2.39. The second kappa shape index (κ2) is 10.3. The summed E-state index contributed by atoms with van der Waals surface area (Å²) in [5.74, 6) is 0.546. The first-order valence-corrected chi connectivity index (χ1v) is 12.6. The highest BCUT2D eigenvalue weighted by molar-refractivity contribution is 9.10. The van der Waals surface area contributed by atoms with Crippen LogP contribution in [0.25, 0.3) is 0 Å². The first-order chi connectivity index (χ1) is 16.3. The maximum absolute atomic E-state index is 13.4. The van der Waals surface area contributed by atoms with Crippen LogP contribution in [0, 0.1) is 6.92 Å². The number of hydrogen-bond donors (Lipinski definition) is 1. The normalized spacial score (nSPS) is 13.0. The van der Waals surface area contributed by atoms with Gasteiger partial charge in [-0.2, -0.15) is 5.10 Å². The van der Waals surface area contributed by atoms with Gasteiger partial charge in [-0.1, -0.05) is 45.8 Å². The SMILES string of the molecule is Cc1ccc(S(=O)(=O)N(CC(=O)N/N=C\c2cccc3c2OCCO3)c2cccc(Br)c2)cc1. The Morgan fingerprint density at radius 2 is 1.82 bits per heavy atom. The number of halogens is 1. The van der Waals surface area contributed by atoms with Crippen molar-refractivity contribution in [3.63, 3.8) is 0 Å². The number of anilines is 1. The highest BCUT2D eigenvalue weighted by Gasteiger charge is 2.27. The lowest BCUT2D eigenvalue weighted by atomic mass is 10.2. The van der Waals surface area contributed by atoms with Crippen LogP contribution in [-0.2, 0) is 14.8 Å². The number of ether oxygens (including phenoxy) is 2. The summed E-state index contributed by atoms with van der Waals surface area (Å²) in [4.78, 5) is 12.8. The zero-order valence-electron chi connectivity index (χ0n) is 18.3. The number of benzene rings is 3. The quantitative estimate of drug-likeness (QED) is 0.360. The van der Waals surface area contributed by atoms with Crippen LogP contribution in [0.5, 0.6) is 11.5 Å². The number of nitrogens with zero attached hydrogens (tertiary/aromatic N) is 2. The predicted octanol–water partition coefficient (Wildman–Crippen LogP) is 3.87. The van der Waals surface area contributed by atoms with Crippen molar-refractivity contribution in [3.05, 3.63) is 82.3 Å². The molecule has 0 aromatic heterocycles. The molecular formula is C24H22BrN3O5S. The van der Waals surface area contributed by atoms with Gasteiger partial charge in [0.15, 0.2) is 11.5 Å². The number of fused-ring (bicyclic) bond motifs is 1. The third-order valence-electron chi connectivity index (χ3n) is 4.98. The summed E-state index contributed by atoms with van der Waals surface area (Å²) in [5.41, 5.74) is 4.31. The first kappa shape index (κ1) is 23.8. The monoisotopic (exact) mass is 543 g/mol. The van der Waals surface area contributed by atoms with E-state index in [0.717, 1.165) is 9.87 Å². The Labute approximate surface area is 206 Å². The van der Waals surface area contributed by atoms with Gasteiger partial charge in [-0.05, 0) is 49.4 Å². The Hall–Kier alpha value is -3.37. The lowest BCUT2D eigenvalue weighted by Gasteiger charge is -2.24. The minimum absolute atomic E-state index is 0.0856. The van der Waals surface area contributed by atoms with E-state index in [0.29, 0.717) is 40.4 Å². The Morgan fingerprint density at radius 1 is 1.09 bits per heavy atom. The van der Waals surface area contributed by atoms with Crippen molar-refractivity contribution in [3.8, 4) is 11.5 Å². The van der Waals surface area contributed by atoms with Gasteiger partial charge in [-0.25, -0.2) is 13.8 Å². The molecule has 1 N–H and O–H groups in total. The molecule has 10 heteroatoms. The van der Waals surface area contributed by atoms with E-state index in [2.05, 4.69) is 26.5 Å². The summed E-state index contributed by atoms with van der Waals surface area (Å²) in [6.45, 7) is 2.29. The number of rotatable bonds is 7. The number of hydrazone groups is 1. The molecule has 8 nitrogen and oxygen atoms in total. The molecule has 3 aromatic carbocycles. The van der Waals surface area contributed by atoms with E-state index < -0.39 is 22.5 Å². The van der Waals surface area contributed by atoms with Gasteiger partial charge >= 0.3 is 0 Å². The van der Waals surface area contributed by atoms with E-state index in [-0.39, 0.29) is 4.90 Å². The van der Waals surface area contributed by atoms with Gasteiger partial charge in [-0.15, -0.1) is 0 Å². The molecule has 34 heavy (non-hydrogen) atoms. The van der Waals surface area contributed by atoms with E-state index in [1.54, 1.807) is 54.6 Å². The van der Waals surface area contributed by atoms with Crippen LogP contribution in [-0.4, -0.2) is 40.3 Å². The average molecular weight is 544 g/mol. The zero-order chi connectivity index (χ0) is 24.1. The van der Waals surface area contributed by atoms with Crippen molar-refractivity contribution >= 4 is 43.8 Å². The number of nitrogens with one attached hydrogen (secondary N) is 1. The molecule has 4 rings (SSSR count). The molecule has 3 aromatic rings. The minimum Gasteiger partial charge on any atom is -0.486 e. The van der Waals surface area contributed by atoms with E-state index in [9.17, 15) is 13.2 Å². The maximum Gasteiger partial charge on any atom is 0.264 e. The fraction of sp³-hybridized carbons (Fsp3) is 0.167. The van der Waals surface area contributed by atoms with Gasteiger partial charge in [0.1, 0.15) is 19.8 Å². The van der Waals surface area contributed by atoms with Crippen molar-refractivity contribution in [1.29, 1.82) is 0 Å². The number of para-hydroxylation sites is 1. The van der Waals surface area contributed by atoms with E-state index in [1.165, 1.54) is 18.3 Å². The van der Waals surface area contributed by atoms with Gasteiger partial charge in [0.05, 0.1) is 16.8 Å². The van der Waals surface area contributed by atoms with Gasteiger partial charge in [0, 0.05) is 10.0 Å². The number of hydrogen-bond acceptors (Lipinski definition) is 6. The molecule has 0 atom stereocenters. The summed E-state index contributed by atoms with van der Waals surface area (Å²) < 4.78 is 39.7. The fourth-order valence-corrected chi connectivity index (χ4v) is 5.12. The number of amides is 1. The van der Waals surface area contributed by atoms with E-state index >= 15 is 0 Å². The van der Waals surface area contributed by atoms with Gasteiger partial charge in [0.25, 0.3) is 15.9 Å². The average Bonchev–Trinajstić information content (AvgIpc) is 2.83. The summed E-state index contributed by atoms with van der Waals surface area (Å²) >= 11 is 3.36. The standard InChI is InChI=1S/C24H22BrN3O5S/c1-17-8-10-21(11-9-17)34(30,31)28(20-6-3-5-19(25)14-20)16-23(29)27-26-15-18-4-2-7-22-24(18)33-13-12-32-22/h2-11,14-15H,12-13,16H2,1H3,(H,27,29)/b26-15-. The molecular weight excluding hydrogens is 522 g/mol. The summed E-state index contributed by atoms with van der Waals surface area (Å²) in [6, 6.07) is 18.6. The molecule has 0 radical (unpaired) electrons. The second-order valence-corrected chi connectivity index (χ2v) is 10.2. The molecule has 1 heterocycles. The van der Waals surface area contributed by atoms with Crippen molar-refractivity contribution in [2.24, 2.45) is 5.10 Å². The summed E-state index contributed by atoms with van der Waals surface area (Å²) in [6.07, 6.45) is 1.43. The van der Waals surface area contributed by atoms with Crippen LogP contribution in [0.2, 0.25) is 0 Å². The molecule has 0 unspecified atom stereocenters. The molecule has 0 saturated carbocycles. The van der Waals surface area contributed by atoms with E-state index in [4.69, 9.17) is 9.47 Å². The maximum atomic E-state index is 13.4. The van der Waals surface area contributed by atoms with Crippen molar-refractivity contribution in [2.45, 2.75) is 11.8 Å². The molecule has 1 aliphatic heterocycles. The van der Waals surface area contributed by atoms with Crippen LogP contribution in [0.1, 0.15) is 11.1 Å². The number of carbonyl (C=O) groups excluding carboxylic acids is 1. The smallest absolute Gasteiger partial charge is 0.264 e. The highest BCUT2D eigenvalue weighted by atomic mass is 79.9. The molecule has 0 bridgehead atoms. The van der Waals surface area contributed by atoms with Gasteiger partial charge in [-0.3, -0.25) is 9.10 Å². The fourth-order valence-electron chi connectivity index (χ4n) is 3.32. The third kappa shape index (κ3) is 5.40. The van der Waals surface area contributed by atoms with E-state index in [1.807, 2.05) is 6.92 Å². The molecule has 0 aliphatic carbocycles. The highest BCUT2D eigenvalue weighted by Crippen LogP contribution is 2.32. The molecule has 0 saturated heterocycles. The van der Waals surface area contributed by atoms with Crippen LogP contribution in [0.4, 0.5) is 5.69 Å². The number of sulfonamides is 1. The molecule has 1 amide bonds. The number of aryl methyl sites for hydroxylation is 1. The second-order valence-electron chi connectivity index (χ2n) is 7.47. The molecule has 0 fully saturated rings. The summed E-state index contributed by atoms with van der Waals surface area (Å²) in [7, 11) is -4.01. The minimum atomic E-state index is -4.01. The van der Waals surface area contributed by atoms with Crippen LogP contribution >= 0.6 is 15.9 Å². The van der Waals surface area contributed by atoms with Crippen molar-refractivity contribution < 1.29 is 22.7 Å². The Morgan fingerprint density at radius 3 is 2.59 bits per heavy atom. The van der Waals surface area contributed by atoms with Gasteiger partial charge < -0.3 is 9.47 Å². The third-order valence-corrected chi connectivity index (χ3v) is 7.26. The molecule has 1 aliphatic rings. The van der Waals surface area contributed by atoms with Crippen LogP contribution in [0.15, 0.2) is 81.2 Å². The number of carbonyl (C=O) groups is 1.